The van der Waals surface area contributed by atoms with Crippen LogP contribution in [-0.4, -0.2) is 76.6 Å². The molecule has 1 saturated heterocycles. The van der Waals surface area contributed by atoms with Gasteiger partial charge in [0.25, 0.3) is 0 Å². The van der Waals surface area contributed by atoms with Crippen molar-refractivity contribution in [1.82, 2.24) is 14.8 Å². The van der Waals surface area contributed by atoms with Crippen LogP contribution >= 0.6 is 34.8 Å². The third-order valence-electron chi connectivity index (χ3n) is 9.63. The quantitative estimate of drug-likeness (QED) is 0.298. The fourth-order valence-electron chi connectivity index (χ4n) is 7.59. The molecule has 1 amide bonds. The monoisotopic (exact) mass is 630 g/mol. The van der Waals surface area contributed by atoms with Crippen molar-refractivity contribution in [2.24, 2.45) is 0 Å². The largest absolute Gasteiger partial charge is 0.445 e. The van der Waals surface area contributed by atoms with E-state index in [1.165, 1.54) is 46.4 Å². The number of halogens is 3. The molecule has 6 nitrogen and oxygen atoms in total. The molecule has 0 radical (unpaired) electrons. The van der Waals surface area contributed by atoms with Gasteiger partial charge in [-0.3, -0.25) is 0 Å². The first-order valence-corrected chi connectivity index (χ1v) is 16.6. The van der Waals surface area contributed by atoms with Gasteiger partial charge in [-0.1, -0.05) is 78.5 Å². The summed E-state index contributed by atoms with van der Waals surface area (Å²) in [7, 11) is 0. The van der Waals surface area contributed by atoms with E-state index in [4.69, 9.17) is 39.5 Å². The Hall–Kier alpha value is -2.12. The van der Waals surface area contributed by atoms with Gasteiger partial charge < -0.3 is 24.4 Å². The summed E-state index contributed by atoms with van der Waals surface area (Å²) in [6.07, 6.45) is 4.40. The Morgan fingerprint density at radius 3 is 2.64 bits per heavy atom. The van der Waals surface area contributed by atoms with E-state index in [1.54, 1.807) is 4.90 Å². The van der Waals surface area contributed by atoms with Crippen molar-refractivity contribution in [2.45, 2.75) is 67.6 Å². The summed E-state index contributed by atoms with van der Waals surface area (Å²) in [6.45, 7) is 9.96. The molecule has 0 spiro atoms. The number of aromatic nitrogens is 1. The Morgan fingerprint density at radius 1 is 1.02 bits per heavy atom. The highest BCUT2D eigenvalue weighted by Gasteiger charge is 2.41. The van der Waals surface area contributed by atoms with Crippen molar-refractivity contribution in [2.75, 3.05) is 50.8 Å². The van der Waals surface area contributed by atoms with Gasteiger partial charge in [0, 0.05) is 66.3 Å². The zero-order valence-electron chi connectivity index (χ0n) is 24.6. The zero-order chi connectivity index (χ0) is 29.4. The molecule has 4 heterocycles. The number of likely N-dealkylation sites (tertiary alicyclic amines) is 1. The molecule has 3 unspecified atom stereocenters. The van der Waals surface area contributed by atoms with Crippen LogP contribution in [-0.2, 0) is 11.2 Å². The van der Waals surface area contributed by atoms with Crippen LogP contribution in [0.1, 0.15) is 73.8 Å². The van der Waals surface area contributed by atoms with E-state index < -0.39 is 9.89 Å². The average molecular weight is 632 g/mol. The first-order valence-electron chi connectivity index (χ1n) is 15.5. The first kappa shape index (κ1) is 29.9. The number of benzene rings is 2. The number of hydrogen-bond acceptors (Lipinski definition) is 4. The molecule has 2 aromatic carbocycles. The van der Waals surface area contributed by atoms with Crippen molar-refractivity contribution in [3.05, 3.63) is 64.8 Å². The van der Waals surface area contributed by atoms with E-state index in [-0.39, 0.29) is 12.5 Å². The Morgan fingerprint density at radius 2 is 1.86 bits per heavy atom. The number of piperidine rings is 1. The summed E-state index contributed by atoms with van der Waals surface area (Å²) in [5.74, 6) is 0.863. The maximum absolute atomic E-state index is 12.9. The van der Waals surface area contributed by atoms with E-state index >= 15 is 0 Å². The molecule has 9 heteroatoms. The Balaban J connectivity index is 1.33. The molecule has 3 aliphatic heterocycles. The smallest absolute Gasteiger partial charge is 0.409 e. The number of aromatic amines is 1. The molecular weight excluding hydrogens is 591 g/mol. The van der Waals surface area contributed by atoms with Gasteiger partial charge in [0.15, 0.2) is 0 Å². The van der Waals surface area contributed by atoms with Crippen LogP contribution in [0.5, 0.6) is 0 Å². The molecule has 6 rings (SSSR count). The van der Waals surface area contributed by atoms with Gasteiger partial charge in [0.05, 0.1) is 0 Å². The van der Waals surface area contributed by atoms with Crippen LogP contribution in [0, 0.1) is 0 Å². The molecule has 0 saturated carbocycles. The van der Waals surface area contributed by atoms with E-state index in [9.17, 15) is 4.79 Å². The summed E-state index contributed by atoms with van der Waals surface area (Å²) < 4.78 is 3.73. The number of ether oxygens (including phenoxy) is 1. The molecule has 0 aliphatic carbocycles. The molecule has 42 heavy (non-hydrogen) atoms. The number of para-hydroxylation sites is 1. The predicted molar refractivity (Wildman–Crippen MR) is 174 cm³/mol. The minimum atomic E-state index is -1.62. The number of carbonyl (C=O) groups is 1. The van der Waals surface area contributed by atoms with Gasteiger partial charge in [0.2, 0.25) is 3.79 Å². The minimum Gasteiger partial charge on any atom is -0.445 e. The van der Waals surface area contributed by atoms with Crippen molar-refractivity contribution in [1.29, 1.82) is 0 Å². The molecule has 1 N–H and O–H groups in total. The molecule has 1 aromatic heterocycles. The summed E-state index contributed by atoms with van der Waals surface area (Å²) in [5, 5.41) is 1.22. The lowest BCUT2D eigenvalue weighted by Gasteiger charge is -2.38. The highest BCUT2D eigenvalue weighted by Crippen LogP contribution is 2.47. The van der Waals surface area contributed by atoms with Crippen LogP contribution in [0.2, 0.25) is 0 Å². The molecule has 3 atom stereocenters. The molecule has 1 fully saturated rings. The van der Waals surface area contributed by atoms with Gasteiger partial charge in [0.1, 0.15) is 6.61 Å². The second-order valence-corrected chi connectivity index (χ2v) is 14.5. The fourth-order valence-corrected chi connectivity index (χ4v) is 7.75. The Bertz CT molecular complexity index is 1420. The van der Waals surface area contributed by atoms with Crippen LogP contribution in [0.15, 0.2) is 42.5 Å². The summed E-state index contributed by atoms with van der Waals surface area (Å²) >= 11 is 17.5. The van der Waals surface area contributed by atoms with E-state index in [1.807, 2.05) is 0 Å². The van der Waals surface area contributed by atoms with E-state index in [2.05, 4.69) is 71.1 Å². The zero-order valence-corrected chi connectivity index (χ0v) is 26.8. The number of anilines is 1. The van der Waals surface area contributed by atoms with Gasteiger partial charge in [-0.2, -0.15) is 0 Å². The predicted octanol–water partition coefficient (Wildman–Crippen LogP) is 7.85. The number of H-pyrrole nitrogens is 1. The van der Waals surface area contributed by atoms with Crippen LogP contribution in [0.25, 0.3) is 10.9 Å². The lowest BCUT2D eigenvalue weighted by molar-refractivity contribution is 0.103. The molecule has 3 aliphatic rings. The number of hydrogen-bond donors (Lipinski definition) is 1. The SMILES string of the molecule is CCN1CCC2c3cc(C4CCCCN(C(=O)OCC(Cl)(Cl)Cl)CCc5c4[nH]c4ccccc54)ccc3N(CC)C2C1. The van der Waals surface area contributed by atoms with Crippen molar-refractivity contribution in [3.63, 3.8) is 0 Å². The maximum Gasteiger partial charge on any atom is 0.409 e. The fraction of sp³-hybridized carbons (Fsp3) is 0.545. The number of likely N-dealkylation sites (N-methyl/N-ethyl adjacent to an activating group) is 2. The second kappa shape index (κ2) is 12.5. The molecular formula is C33H41Cl3N4O2. The Kier molecular flexibility index (Phi) is 8.89. The lowest BCUT2D eigenvalue weighted by Crippen LogP contribution is -2.48. The van der Waals surface area contributed by atoms with Crippen LogP contribution in [0.4, 0.5) is 10.5 Å². The molecule has 0 bridgehead atoms. The number of fused-ring (bicyclic) bond motifs is 6. The van der Waals surface area contributed by atoms with Crippen LogP contribution < -0.4 is 4.90 Å². The van der Waals surface area contributed by atoms with Crippen molar-refractivity contribution in [3.8, 4) is 0 Å². The average Bonchev–Trinajstić information content (AvgIpc) is 3.51. The third-order valence-corrected chi connectivity index (χ3v) is 9.96. The van der Waals surface area contributed by atoms with E-state index in [0.717, 1.165) is 50.8 Å². The van der Waals surface area contributed by atoms with Gasteiger partial charge in [-0.15, -0.1) is 0 Å². The highest BCUT2D eigenvalue weighted by atomic mass is 35.6. The van der Waals surface area contributed by atoms with Gasteiger partial charge in [-0.25, -0.2) is 4.79 Å². The number of amides is 1. The number of nitrogens with zero attached hydrogens (tertiary/aromatic N) is 3. The maximum atomic E-state index is 12.9. The molecule has 226 valence electrons. The lowest BCUT2D eigenvalue weighted by atomic mass is 9.83. The number of nitrogens with one attached hydrogen (secondary N) is 1. The van der Waals surface area contributed by atoms with Gasteiger partial charge in [-0.05, 0) is 74.5 Å². The topological polar surface area (TPSA) is 51.8 Å². The summed E-state index contributed by atoms with van der Waals surface area (Å²) in [5.41, 5.74) is 8.05. The summed E-state index contributed by atoms with van der Waals surface area (Å²) in [6, 6.07) is 16.4. The third kappa shape index (κ3) is 5.97. The van der Waals surface area contributed by atoms with Crippen molar-refractivity contribution < 1.29 is 9.53 Å². The van der Waals surface area contributed by atoms with E-state index in [0.29, 0.717) is 25.0 Å². The van der Waals surface area contributed by atoms with Gasteiger partial charge >= 0.3 is 6.09 Å². The standard InChI is InChI=1S/C33H41Cl3N4O2/c1-3-38-17-14-25-27-19-22(12-13-29(27)40(4-2)30(25)20-38)23-9-7-8-16-39(32(41)42-21-33(34,35)36)18-15-26-24-10-5-6-11-28(24)37-31(23)26/h5-6,10-13,19,23,25,30,37H,3-4,7-9,14-18,20-21H2,1-2H3. The second-order valence-electron chi connectivity index (χ2n) is 12.0. The first-order chi connectivity index (χ1) is 20.3. The normalized spacial score (nSPS) is 23.4. The number of alkyl halides is 3. The Labute approximate surface area is 264 Å². The minimum absolute atomic E-state index is 0.264. The summed E-state index contributed by atoms with van der Waals surface area (Å²) in [4.78, 5) is 23.8. The number of rotatable bonds is 4. The van der Waals surface area contributed by atoms with Crippen LogP contribution in [0.3, 0.4) is 0 Å². The number of carbonyl (C=O) groups excluding carboxylic acids is 1. The highest BCUT2D eigenvalue weighted by molar-refractivity contribution is 6.67. The van der Waals surface area contributed by atoms with Crippen molar-refractivity contribution >= 4 is 57.5 Å². The molecule has 3 aromatic rings.